The Morgan fingerprint density at radius 1 is 1.12 bits per heavy atom. The third-order valence-electron chi connectivity index (χ3n) is 8.82. The summed E-state index contributed by atoms with van der Waals surface area (Å²) in [5.74, 6) is 5.90. The zero-order chi connectivity index (χ0) is 28.6. The quantitative estimate of drug-likeness (QED) is 0.451. The average Bonchev–Trinajstić information content (AvgIpc) is 3.69. The molecule has 0 radical (unpaired) electrons. The molecule has 5 rings (SSSR count). The van der Waals surface area contributed by atoms with Crippen LogP contribution in [0, 0.1) is 35.0 Å². The maximum atomic E-state index is 14.1. The second-order valence-electron chi connectivity index (χ2n) is 13.1. The number of fused-ring (bicyclic) bond motifs is 1. The Bertz CT molecular complexity index is 1180. The van der Waals surface area contributed by atoms with Gasteiger partial charge in [-0.05, 0) is 77.7 Å². The van der Waals surface area contributed by atoms with E-state index in [1.165, 1.54) is 0 Å². The lowest BCUT2D eigenvalue weighted by Gasteiger charge is -2.34. The summed E-state index contributed by atoms with van der Waals surface area (Å²) in [5, 5.41) is 10.1. The molecule has 2 saturated heterocycles. The molecule has 1 N–H and O–H groups in total. The third-order valence-corrected chi connectivity index (χ3v) is 9.85. The van der Waals surface area contributed by atoms with Crippen LogP contribution in [0.3, 0.4) is 0 Å². The van der Waals surface area contributed by atoms with E-state index >= 15 is 0 Å². The molecular formula is C31H42N2O6S. The highest BCUT2D eigenvalue weighted by atomic mass is 32.1. The van der Waals surface area contributed by atoms with Gasteiger partial charge in [-0.1, -0.05) is 25.2 Å². The summed E-state index contributed by atoms with van der Waals surface area (Å²) in [6, 6.07) is 1.43. The minimum absolute atomic E-state index is 0.0410. The van der Waals surface area contributed by atoms with Crippen LogP contribution in [0.2, 0.25) is 0 Å². The first-order chi connectivity index (χ1) is 19.0. The fourth-order valence-electron chi connectivity index (χ4n) is 6.60. The highest BCUT2D eigenvalue weighted by Gasteiger charge is 2.44. The molecule has 40 heavy (non-hydrogen) atoms. The Morgan fingerprint density at radius 3 is 2.58 bits per heavy atom. The van der Waals surface area contributed by atoms with Gasteiger partial charge in [0.2, 0.25) is 5.91 Å². The largest absolute Gasteiger partial charge is 0.477 e. The van der Waals surface area contributed by atoms with Gasteiger partial charge in [0, 0.05) is 30.3 Å². The SMILES string of the molecule is CC(C)(C)C#Cc1cc(N(C(=O)[C@H]2CC[C@H](C)CC2)[C@H]2CCN(C(=O)O[C@H]3CO[C@H]4CCC[C@H]43)C2)c(C(=O)O)s1. The summed E-state index contributed by atoms with van der Waals surface area (Å²) >= 11 is 1.11. The Kier molecular flexibility index (Phi) is 8.49. The zero-order valence-electron chi connectivity index (χ0n) is 24.1. The van der Waals surface area contributed by atoms with E-state index in [1.54, 1.807) is 15.9 Å². The molecule has 0 bridgehead atoms. The maximum Gasteiger partial charge on any atom is 0.410 e. The van der Waals surface area contributed by atoms with Gasteiger partial charge in [0.1, 0.15) is 11.0 Å². The molecule has 2 saturated carbocycles. The molecule has 218 valence electrons. The van der Waals surface area contributed by atoms with Crippen molar-refractivity contribution in [2.45, 2.75) is 97.3 Å². The highest BCUT2D eigenvalue weighted by Crippen LogP contribution is 2.39. The van der Waals surface area contributed by atoms with Gasteiger partial charge in [0.25, 0.3) is 0 Å². The summed E-state index contributed by atoms with van der Waals surface area (Å²) in [7, 11) is 0. The molecule has 2 aliphatic carbocycles. The average molecular weight is 571 g/mol. The van der Waals surface area contributed by atoms with E-state index in [0.29, 0.717) is 42.6 Å². The lowest BCUT2D eigenvalue weighted by molar-refractivity contribution is -0.124. The molecule has 1 aromatic rings. The van der Waals surface area contributed by atoms with Crippen molar-refractivity contribution in [3.05, 3.63) is 15.8 Å². The monoisotopic (exact) mass is 570 g/mol. The number of carboxylic acid groups (broad SMARTS) is 1. The lowest BCUT2D eigenvalue weighted by Crippen LogP contribution is -2.47. The van der Waals surface area contributed by atoms with Crippen molar-refractivity contribution in [2.24, 2.45) is 23.2 Å². The van der Waals surface area contributed by atoms with Crippen LogP contribution in [-0.4, -0.2) is 65.9 Å². The van der Waals surface area contributed by atoms with E-state index in [1.807, 2.05) is 20.8 Å². The van der Waals surface area contributed by atoms with Crippen molar-refractivity contribution in [1.82, 2.24) is 4.90 Å². The van der Waals surface area contributed by atoms with Gasteiger partial charge in [0.15, 0.2) is 0 Å². The van der Waals surface area contributed by atoms with Crippen LogP contribution in [0.15, 0.2) is 6.07 Å². The first kappa shape index (κ1) is 28.9. The van der Waals surface area contributed by atoms with Gasteiger partial charge >= 0.3 is 12.1 Å². The third kappa shape index (κ3) is 6.33. The van der Waals surface area contributed by atoms with Crippen LogP contribution >= 0.6 is 11.3 Å². The smallest absolute Gasteiger partial charge is 0.410 e. The first-order valence-corrected chi connectivity index (χ1v) is 15.6. The van der Waals surface area contributed by atoms with Crippen LogP contribution in [0.25, 0.3) is 0 Å². The Balaban J connectivity index is 1.39. The van der Waals surface area contributed by atoms with E-state index in [4.69, 9.17) is 9.47 Å². The van der Waals surface area contributed by atoms with Gasteiger partial charge in [-0.2, -0.15) is 0 Å². The number of amides is 2. The van der Waals surface area contributed by atoms with Gasteiger partial charge < -0.3 is 24.4 Å². The Labute approximate surface area is 241 Å². The minimum Gasteiger partial charge on any atom is -0.477 e. The van der Waals surface area contributed by atoms with E-state index < -0.39 is 5.97 Å². The van der Waals surface area contributed by atoms with E-state index in [0.717, 1.165) is 56.3 Å². The first-order valence-electron chi connectivity index (χ1n) is 14.8. The molecule has 0 aromatic carbocycles. The van der Waals surface area contributed by atoms with Gasteiger partial charge in [-0.25, -0.2) is 9.59 Å². The normalized spacial score (nSPS) is 29.9. The van der Waals surface area contributed by atoms with E-state index in [2.05, 4.69) is 18.8 Å². The minimum atomic E-state index is -1.07. The number of carboxylic acids is 1. The number of carbonyl (C=O) groups is 3. The topological polar surface area (TPSA) is 96.4 Å². The summed E-state index contributed by atoms with van der Waals surface area (Å²) in [5.41, 5.74) is 0.161. The number of nitrogens with zero attached hydrogens (tertiary/aromatic N) is 2. The number of hydrogen-bond acceptors (Lipinski definition) is 6. The molecule has 0 unspecified atom stereocenters. The second kappa shape index (κ2) is 11.7. The number of ether oxygens (including phenoxy) is 2. The summed E-state index contributed by atoms with van der Waals surface area (Å²) in [4.78, 5) is 43.8. The zero-order valence-corrected chi connectivity index (χ0v) is 24.9. The van der Waals surface area contributed by atoms with Crippen LogP contribution in [0.4, 0.5) is 10.5 Å². The molecule has 2 amide bonds. The fraction of sp³-hybridized carbons (Fsp3) is 0.710. The van der Waals surface area contributed by atoms with Crippen LogP contribution in [-0.2, 0) is 14.3 Å². The van der Waals surface area contributed by atoms with Crippen molar-refractivity contribution in [2.75, 3.05) is 24.6 Å². The summed E-state index contributed by atoms with van der Waals surface area (Å²) in [6.45, 7) is 9.44. The van der Waals surface area contributed by atoms with E-state index in [-0.39, 0.29) is 52.4 Å². The molecule has 1 aromatic heterocycles. The standard InChI is InChI=1S/C31H42N2O6S/c1-19-8-10-20(11-9-19)28(34)33(24-16-22(12-14-31(2,3)4)40-27(24)29(35)36)21-13-15-32(17-21)30(37)39-26-18-38-25-7-5-6-23(25)26/h16,19-21,23,25-26H,5-11,13,15,17-18H2,1-4H3,(H,35,36)/t19-,20-,21-,23+,25-,26-/m0/s1. The Morgan fingerprint density at radius 2 is 1.88 bits per heavy atom. The molecule has 9 heteroatoms. The van der Waals surface area contributed by atoms with Crippen LogP contribution in [0.1, 0.15) is 93.6 Å². The predicted molar refractivity (Wildman–Crippen MR) is 154 cm³/mol. The molecule has 8 nitrogen and oxygen atoms in total. The molecule has 0 spiro atoms. The molecular weight excluding hydrogens is 528 g/mol. The van der Waals surface area contributed by atoms with Gasteiger partial charge in [-0.3, -0.25) is 4.79 Å². The molecule has 3 heterocycles. The van der Waals surface area contributed by atoms with Gasteiger partial charge in [-0.15, -0.1) is 11.3 Å². The van der Waals surface area contributed by atoms with Crippen molar-refractivity contribution >= 4 is 35.0 Å². The summed E-state index contributed by atoms with van der Waals surface area (Å²) in [6.07, 6.45) is 6.86. The van der Waals surface area contributed by atoms with Crippen molar-refractivity contribution in [3.8, 4) is 11.8 Å². The summed E-state index contributed by atoms with van der Waals surface area (Å²) < 4.78 is 11.8. The number of thiophene rings is 1. The maximum absolute atomic E-state index is 14.1. The van der Waals surface area contributed by atoms with Crippen molar-refractivity contribution < 1.29 is 29.0 Å². The number of hydrogen-bond donors (Lipinski definition) is 1. The van der Waals surface area contributed by atoms with Crippen LogP contribution in [0.5, 0.6) is 0 Å². The number of aromatic carboxylic acids is 1. The number of rotatable bonds is 5. The number of likely N-dealkylation sites (tertiary alicyclic amines) is 1. The molecule has 4 fully saturated rings. The second-order valence-corrected chi connectivity index (χ2v) is 14.1. The van der Waals surface area contributed by atoms with Crippen LogP contribution < -0.4 is 4.90 Å². The fourth-order valence-corrected chi connectivity index (χ4v) is 7.44. The number of anilines is 1. The lowest BCUT2D eigenvalue weighted by atomic mass is 9.82. The molecule has 4 aliphatic rings. The van der Waals surface area contributed by atoms with Gasteiger partial charge in [0.05, 0.1) is 29.3 Å². The predicted octanol–water partition coefficient (Wildman–Crippen LogP) is 5.78. The highest BCUT2D eigenvalue weighted by molar-refractivity contribution is 7.15. The van der Waals surface area contributed by atoms with Crippen molar-refractivity contribution in [3.63, 3.8) is 0 Å². The number of carbonyl (C=O) groups excluding carboxylic acids is 2. The Hall–Kier alpha value is -2.57. The van der Waals surface area contributed by atoms with E-state index in [9.17, 15) is 19.5 Å². The van der Waals surface area contributed by atoms with Crippen molar-refractivity contribution in [1.29, 1.82) is 0 Å². The molecule has 4 atom stereocenters. The molecule has 2 aliphatic heterocycles.